The van der Waals surface area contributed by atoms with Crippen LogP contribution in [0, 0.1) is 20.8 Å². The van der Waals surface area contributed by atoms with Gasteiger partial charge in [0.1, 0.15) is 18.2 Å². The van der Waals surface area contributed by atoms with Crippen LogP contribution in [0.2, 0.25) is 0 Å². The number of aryl methyl sites for hydroxylation is 2. The fourth-order valence-corrected chi connectivity index (χ4v) is 1.99. The smallest absolute Gasteiger partial charge is 0.146 e. The number of aromatic nitrogens is 1. The van der Waals surface area contributed by atoms with Crippen LogP contribution in [0.4, 0.5) is 5.82 Å². The molecule has 2 rings (SSSR count). The van der Waals surface area contributed by atoms with Gasteiger partial charge in [-0.05, 0) is 49.6 Å². The van der Waals surface area contributed by atoms with Crippen LogP contribution < -0.4 is 16.0 Å². The van der Waals surface area contributed by atoms with E-state index < -0.39 is 0 Å². The van der Waals surface area contributed by atoms with Crippen molar-refractivity contribution in [1.29, 1.82) is 0 Å². The summed E-state index contributed by atoms with van der Waals surface area (Å²) in [5.74, 6) is 6.98. The molecule has 0 bridgehead atoms. The van der Waals surface area contributed by atoms with E-state index in [0.29, 0.717) is 12.4 Å². The number of hydrogen-bond acceptors (Lipinski definition) is 4. The van der Waals surface area contributed by atoms with E-state index >= 15 is 0 Å². The molecule has 0 aliphatic carbocycles. The maximum absolute atomic E-state index is 5.89. The SMILES string of the molecule is Cc1cc(C)c(C)c(OCc2cccnc2NN)c1. The third-order valence-corrected chi connectivity index (χ3v) is 3.18. The van der Waals surface area contributed by atoms with E-state index in [2.05, 4.69) is 37.2 Å². The standard InChI is InChI=1S/C15H19N3O/c1-10-7-11(2)12(3)14(8-10)19-9-13-5-4-6-17-15(13)18-16/h4-8H,9,16H2,1-3H3,(H,17,18). The summed E-state index contributed by atoms with van der Waals surface area (Å²) in [6, 6.07) is 8.02. The first-order valence-corrected chi connectivity index (χ1v) is 6.23. The van der Waals surface area contributed by atoms with Gasteiger partial charge in [-0.25, -0.2) is 10.8 Å². The Morgan fingerprint density at radius 3 is 2.79 bits per heavy atom. The largest absolute Gasteiger partial charge is 0.488 e. The van der Waals surface area contributed by atoms with Crippen molar-refractivity contribution in [3.63, 3.8) is 0 Å². The number of nitrogens with zero attached hydrogens (tertiary/aromatic N) is 1. The Morgan fingerprint density at radius 1 is 1.26 bits per heavy atom. The minimum atomic E-state index is 0.442. The number of pyridine rings is 1. The monoisotopic (exact) mass is 257 g/mol. The van der Waals surface area contributed by atoms with Crippen LogP contribution in [0.5, 0.6) is 5.75 Å². The number of rotatable bonds is 4. The van der Waals surface area contributed by atoms with Crippen LogP contribution in [0.3, 0.4) is 0 Å². The molecule has 0 saturated heterocycles. The Kier molecular flexibility index (Phi) is 4.02. The van der Waals surface area contributed by atoms with Crippen LogP contribution in [0.15, 0.2) is 30.5 Å². The molecule has 0 spiro atoms. The lowest BCUT2D eigenvalue weighted by Crippen LogP contribution is -2.12. The zero-order chi connectivity index (χ0) is 13.8. The second-order valence-corrected chi connectivity index (χ2v) is 4.65. The quantitative estimate of drug-likeness (QED) is 0.653. The van der Waals surface area contributed by atoms with Gasteiger partial charge in [0.2, 0.25) is 0 Å². The number of benzene rings is 1. The molecule has 0 fully saturated rings. The van der Waals surface area contributed by atoms with Gasteiger partial charge in [0.25, 0.3) is 0 Å². The van der Waals surface area contributed by atoms with Crippen LogP contribution in [0.25, 0.3) is 0 Å². The van der Waals surface area contributed by atoms with Gasteiger partial charge in [-0.3, -0.25) is 0 Å². The third kappa shape index (κ3) is 3.03. The normalized spacial score (nSPS) is 10.3. The molecule has 0 amide bonds. The highest BCUT2D eigenvalue weighted by Gasteiger charge is 2.06. The summed E-state index contributed by atoms with van der Waals surface area (Å²) in [5.41, 5.74) is 7.11. The van der Waals surface area contributed by atoms with Crippen molar-refractivity contribution in [2.45, 2.75) is 27.4 Å². The van der Waals surface area contributed by atoms with Crippen molar-refractivity contribution in [1.82, 2.24) is 4.98 Å². The first-order valence-electron chi connectivity index (χ1n) is 6.23. The lowest BCUT2D eigenvalue weighted by atomic mass is 10.1. The first kappa shape index (κ1) is 13.4. The molecule has 100 valence electrons. The van der Waals surface area contributed by atoms with Gasteiger partial charge in [-0.1, -0.05) is 12.1 Å². The van der Waals surface area contributed by atoms with Crippen LogP contribution in [-0.2, 0) is 6.61 Å². The Bertz CT molecular complexity index is 582. The maximum atomic E-state index is 5.89. The Hall–Kier alpha value is -2.07. The molecule has 1 heterocycles. The topological polar surface area (TPSA) is 60.2 Å². The molecule has 0 saturated carbocycles. The van der Waals surface area contributed by atoms with Gasteiger partial charge < -0.3 is 10.2 Å². The van der Waals surface area contributed by atoms with Crippen molar-refractivity contribution < 1.29 is 4.74 Å². The molecule has 1 aromatic carbocycles. The van der Waals surface area contributed by atoms with E-state index in [-0.39, 0.29) is 0 Å². The van der Waals surface area contributed by atoms with E-state index in [4.69, 9.17) is 10.6 Å². The van der Waals surface area contributed by atoms with E-state index in [1.165, 1.54) is 11.1 Å². The molecule has 0 radical (unpaired) electrons. The molecule has 0 unspecified atom stereocenters. The van der Waals surface area contributed by atoms with E-state index in [1.54, 1.807) is 6.20 Å². The number of nitrogen functional groups attached to an aromatic ring is 1. The number of hydrogen-bond donors (Lipinski definition) is 2. The summed E-state index contributed by atoms with van der Waals surface area (Å²) in [5, 5.41) is 0. The number of hydrazine groups is 1. The highest BCUT2D eigenvalue weighted by Crippen LogP contribution is 2.24. The molecule has 4 nitrogen and oxygen atoms in total. The van der Waals surface area contributed by atoms with Gasteiger partial charge in [0.05, 0.1) is 0 Å². The van der Waals surface area contributed by atoms with Crippen molar-refractivity contribution in [2.24, 2.45) is 5.84 Å². The number of ether oxygens (including phenoxy) is 1. The zero-order valence-corrected chi connectivity index (χ0v) is 11.5. The number of nitrogens with one attached hydrogen (secondary N) is 1. The Labute approximate surface area is 113 Å². The van der Waals surface area contributed by atoms with Gasteiger partial charge in [0.15, 0.2) is 0 Å². The average molecular weight is 257 g/mol. The van der Waals surface area contributed by atoms with Crippen LogP contribution >= 0.6 is 0 Å². The van der Waals surface area contributed by atoms with E-state index in [1.807, 2.05) is 18.2 Å². The van der Waals surface area contributed by atoms with Gasteiger partial charge in [-0.2, -0.15) is 0 Å². The number of nitrogens with two attached hydrogens (primary N) is 1. The summed E-state index contributed by atoms with van der Waals surface area (Å²) in [7, 11) is 0. The van der Waals surface area contributed by atoms with Crippen molar-refractivity contribution in [3.8, 4) is 5.75 Å². The second kappa shape index (κ2) is 5.71. The molecule has 19 heavy (non-hydrogen) atoms. The molecular formula is C15H19N3O. The first-order chi connectivity index (χ1) is 9.11. The lowest BCUT2D eigenvalue weighted by Gasteiger charge is -2.13. The lowest BCUT2D eigenvalue weighted by molar-refractivity contribution is 0.304. The Morgan fingerprint density at radius 2 is 2.05 bits per heavy atom. The molecule has 4 heteroatoms. The summed E-state index contributed by atoms with van der Waals surface area (Å²) < 4.78 is 5.89. The van der Waals surface area contributed by atoms with Gasteiger partial charge >= 0.3 is 0 Å². The molecule has 1 aromatic heterocycles. The summed E-state index contributed by atoms with van der Waals surface area (Å²) in [4.78, 5) is 4.15. The van der Waals surface area contributed by atoms with Crippen molar-refractivity contribution in [3.05, 3.63) is 52.7 Å². The summed E-state index contributed by atoms with van der Waals surface area (Å²) in [6.07, 6.45) is 1.70. The predicted molar refractivity (Wildman–Crippen MR) is 77.0 cm³/mol. The fraction of sp³-hybridized carbons (Fsp3) is 0.267. The van der Waals surface area contributed by atoms with Gasteiger partial charge in [-0.15, -0.1) is 0 Å². The second-order valence-electron chi connectivity index (χ2n) is 4.65. The predicted octanol–water partition coefficient (Wildman–Crippen LogP) is 2.87. The van der Waals surface area contributed by atoms with Crippen molar-refractivity contribution in [2.75, 3.05) is 5.43 Å². The van der Waals surface area contributed by atoms with Crippen molar-refractivity contribution >= 4 is 5.82 Å². The summed E-state index contributed by atoms with van der Waals surface area (Å²) >= 11 is 0. The minimum absolute atomic E-state index is 0.442. The van der Waals surface area contributed by atoms with E-state index in [9.17, 15) is 0 Å². The molecule has 0 aliphatic rings. The average Bonchev–Trinajstić information content (AvgIpc) is 2.41. The van der Waals surface area contributed by atoms with Crippen LogP contribution in [-0.4, -0.2) is 4.98 Å². The highest BCUT2D eigenvalue weighted by atomic mass is 16.5. The molecule has 2 aromatic rings. The number of anilines is 1. The highest BCUT2D eigenvalue weighted by molar-refractivity contribution is 5.44. The minimum Gasteiger partial charge on any atom is -0.488 e. The van der Waals surface area contributed by atoms with Gasteiger partial charge in [0, 0.05) is 11.8 Å². The van der Waals surface area contributed by atoms with Crippen LogP contribution in [0.1, 0.15) is 22.3 Å². The molecular weight excluding hydrogens is 238 g/mol. The summed E-state index contributed by atoms with van der Waals surface area (Å²) in [6.45, 7) is 6.66. The molecule has 0 aliphatic heterocycles. The van der Waals surface area contributed by atoms with E-state index in [0.717, 1.165) is 16.9 Å². The third-order valence-electron chi connectivity index (χ3n) is 3.18. The maximum Gasteiger partial charge on any atom is 0.146 e. The molecule has 3 N–H and O–H groups in total. The Balaban J connectivity index is 2.19. The fourth-order valence-electron chi connectivity index (χ4n) is 1.99. The zero-order valence-electron chi connectivity index (χ0n) is 11.5. The molecule has 0 atom stereocenters.